The average molecular weight is 211 g/mol. The zero-order chi connectivity index (χ0) is 5.28. The van der Waals surface area contributed by atoms with Crippen LogP contribution in [0.5, 0.6) is 0 Å². The molecule has 1 fully saturated rings. The molecule has 1 saturated carbocycles. The van der Waals surface area contributed by atoms with E-state index in [1.165, 1.54) is 0 Å². The van der Waals surface area contributed by atoms with Gasteiger partial charge in [0.2, 0.25) is 0 Å². The molecule has 1 aliphatic carbocycles. The smallest absolute Gasteiger partial charge is 0.0940 e. The molecule has 0 amide bonds. The van der Waals surface area contributed by atoms with E-state index in [9.17, 15) is 5.11 Å². The Bertz CT molecular complexity index is 57.1. The number of hydrogen-bond acceptors (Lipinski definition) is 0. The van der Waals surface area contributed by atoms with Crippen LogP contribution in [-0.2, 0) is 5.11 Å². The van der Waals surface area contributed by atoms with Crippen molar-refractivity contribution >= 4 is 22.6 Å². The summed E-state index contributed by atoms with van der Waals surface area (Å²) in [5, 5.41) is 10.5. The molecule has 0 bridgehead atoms. The van der Waals surface area contributed by atoms with Gasteiger partial charge in [0.1, 0.15) is 0 Å². The molecular formula is C5H8IO. The van der Waals surface area contributed by atoms with Crippen LogP contribution in [0.4, 0.5) is 0 Å². The summed E-state index contributed by atoms with van der Waals surface area (Å²) in [5.41, 5.74) is 0. The largest absolute Gasteiger partial charge is 0.233 e. The van der Waals surface area contributed by atoms with Crippen LogP contribution in [0.1, 0.15) is 19.3 Å². The fourth-order valence-electron chi connectivity index (χ4n) is 0.888. The topological polar surface area (TPSA) is 19.9 Å². The van der Waals surface area contributed by atoms with Gasteiger partial charge in [-0.2, -0.15) is 0 Å². The highest BCUT2D eigenvalue weighted by molar-refractivity contribution is 14.1. The van der Waals surface area contributed by atoms with Crippen LogP contribution in [0.15, 0.2) is 0 Å². The quantitative estimate of drug-likeness (QED) is 0.429. The first-order valence-electron chi connectivity index (χ1n) is 2.59. The third-order valence-electron chi connectivity index (χ3n) is 1.32. The van der Waals surface area contributed by atoms with Gasteiger partial charge >= 0.3 is 0 Å². The van der Waals surface area contributed by atoms with Crippen molar-refractivity contribution in [1.82, 2.24) is 0 Å². The third kappa shape index (κ3) is 1.57. The Labute approximate surface area is 57.2 Å². The van der Waals surface area contributed by atoms with E-state index in [4.69, 9.17) is 0 Å². The minimum atomic E-state index is -0.234. The molecule has 0 aromatic rings. The van der Waals surface area contributed by atoms with Gasteiger partial charge in [0, 0.05) is 3.92 Å². The maximum absolute atomic E-state index is 10.5. The van der Waals surface area contributed by atoms with Crippen molar-refractivity contribution in [3.63, 3.8) is 0 Å². The van der Waals surface area contributed by atoms with Crippen LogP contribution >= 0.6 is 22.6 Å². The van der Waals surface area contributed by atoms with Gasteiger partial charge < -0.3 is 0 Å². The molecule has 1 nitrogen and oxygen atoms in total. The van der Waals surface area contributed by atoms with E-state index < -0.39 is 0 Å². The third-order valence-corrected chi connectivity index (χ3v) is 2.45. The number of halogens is 1. The summed E-state index contributed by atoms with van der Waals surface area (Å²) >= 11 is 2.35. The fraction of sp³-hybridized carbons (Fsp3) is 1.00. The van der Waals surface area contributed by atoms with Crippen LogP contribution in [0, 0.1) is 0 Å². The zero-order valence-corrected chi connectivity index (χ0v) is 6.22. The maximum Gasteiger partial charge on any atom is 0.0940 e. The Morgan fingerprint density at radius 1 is 1.43 bits per heavy atom. The van der Waals surface area contributed by atoms with Gasteiger partial charge in [-0.15, -0.1) is 0 Å². The highest BCUT2D eigenvalue weighted by atomic mass is 127. The van der Waals surface area contributed by atoms with Crippen molar-refractivity contribution in [3.05, 3.63) is 0 Å². The van der Waals surface area contributed by atoms with Gasteiger partial charge in [-0.3, -0.25) is 0 Å². The summed E-state index contributed by atoms with van der Waals surface area (Å²) < 4.78 is 0.681. The molecule has 0 aliphatic heterocycles. The molecule has 0 heterocycles. The summed E-state index contributed by atoms with van der Waals surface area (Å²) in [6, 6.07) is 0. The minimum absolute atomic E-state index is 0.234. The van der Waals surface area contributed by atoms with E-state index in [2.05, 4.69) is 22.6 Å². The maximum atomic E-state index is 10.5. The Balaban J connectivity index is 2.26. The Hall–Kier alpha value is 0.690. The molecule has 1 radical (unpaired) electrons. The Morgan fingerprint density at radius 2 is 2.14 bits per heavy atom. The van der Waals surface area contributed by atoms with Gasteiger partial charge in [-0.25, -0.2) is 5.11 Å². The molecule has 1 rings (SSSR count). The lowest BCUT2D eigenvalue weighted by Crippen LogP contribution is -1.95. The van der Waals surface area contributed by atoms with Gasteiger partial charge in [0.05, 0.1) is 6.10 Å². The number of rotatable bonds is 0. The number of hydrogen-bond donors (Lipinski definition) is 0. The minimum Gasteiger partial charge on any atom is -0.233 e. The van der Waals surface area contributed by atoms with Crippen molar-refractivity contribution in [2.45, 2.75) is 29.3 Å². The van der Waals surface area contributed by atoms with Crippen molar-refractivity contribution in [3.8, 4) is 0 Å². The number of alkyl halides is 1. The highest BCUT2D eigenvalue weighted by Crippen LogP contribution is 2.25. The summed E-state index contributed by atoms with van der Waals surface area (Å²) in [4.78, 5) is 0. The van der Waals surface area contributed by atoms with Crippen LogP contribution < -0.4 is 0 Å². The fourth-order valence-corrected chi connectivity index (χ4v) is 1.81. The lowest BCUT2D eigenvalue weighted by atomic mass is 10.3. The molecule has 7 heavy (non-hydrogen) atoms. The first kappa shape index (κ1) is 5.82. The van der Waals surface area contributed by atoms with Crippen molar-refractivity contribution < 1.29 is 5.11 Å². The van der Waals surface area contributed by atoms with Crippen LogP contribution in [0.2, 0.25) is 0 Å². The molecular weight excluding hydrogens is 203 g/mol. The normalized spacial score (nSPS) is 42.0. The zero-order valence-electron chi connectivity index (χ0n) is 4.06. The van der Waals surface area contributed by atoms with Gasteiger partial charge in [-0.05, 0) is 19.3 Å². The van der Waals surface area contributed by atoms with Crippen molar-refractivity contribution in [1.29, 1.82) is 0 Å². The average Bonchev–Trinajstić information content (AvgIpc) is 1.87. The van der Waals surface area contributed by atoms with E-state index >= 15 is 0 Å². The molecule has 2 heteroatoms. The summed E-state index contributed by atoms with van der Waals surface area (Å²) in [5.74, 6) is 0. The van der Waals surface area contributed by atoms with Crippen LogP contribution in [-0.4, -0.2) is 10.0 Å². The first-order valence-corrected chi connectivity index (χ1v) is 3.83. The molecule has 41 valence electrons. The summed E-state index contributed by atoms with van der Waals surface area (Å²) in [7, 11) is 0. The SMILES string of the molecule is [O]C1CCC(I)C1. The molecule has 2 unspecified atom stereocenters. The first-order chi connectivity index (χ1) is 3.29. The van der Waals surface area contributed by atoms with E-state index in [-0.39, 0.29) is 6.10 Å². The molecule has 0 aromatic carbocycles. The summed E-state index contributed by atoms with van der Waals surface area (Å²) in [6.07, 6.45) is 2.73. The van der Waals surface area contributed by atoms with E-state index in [0.717, 1.165) is 19.3 Å². The van der Waals surface area contributed by atoms with E-state index in [0.29, 0.717) is 3.92 Å². The predicted octanol–water partition coefficient (Wildman–Crippen LogP) is 1.77. The van der Waals surface area contributed by atoms with Crippen molar-refractivity contribution in [2.75, 3.05) is 0 Å². The van der Waals surface area contributed by atoms with Gasteiger partial charge in [0.15, 0.2) is 0 Å². The van der Waals surface area contributed by atoms with Gasteiger partial charge in [-0.1, -0.05) is 22.6 Å². The lowest BCUT2D eigenvalue weighted by molar-refractivity contribution is 0.0962. The standard InChI is InChI=1S/C5H8IO/c6-4-1-2-5(7)3-4/h4-5H,1-3H2. The molecule has 0 N–H and O–H groups in total. The van der Waals surface area contributed by atoms with E-state index in [1.54, 1.807) is 0 Å². The second kappa shape index (κ2) is 2.31. The monoisotopic (exact) mass is 211 g/mol. The molecule has 0 saturated heterocycles. The lowest BCUT2D eigenvalue weighted by Gasteiger charge is -1.91. The highest BCUT2D eigenvalue weighted by Gasteiger charge is 2.20. The van der Waals surface area contributed by atoms with Crippen LogP contribution in [0.3, 0.4) is 0 Å². The second-order valence-corrected chi connectivity index (χ2v) is 3.79. The second-order valence-electron chi connectivity index (χ2n) is 2.03. The molecule has 0 aromatic heterocycles. The van der Waals surface area contributed by atoms with Crippen LogP contribution in [0.25, 0.3) is 0 Å². The predicted molar refractivity (Wildman–Crippen MR) is 36.1 cm³/mol. The van der Waals surface area contributed by atoms with Gasteiger partial charge in [0.25, 0.3) is 0 Å². The summed E-state index contributed by atoms with van der Waals surface area (Å²) in [6.45, 7) is 0. The van der Waals surface area contributed by atoms with Crippen molar-refractivity contribution in [2.24, 2.45) is 0 Å². The molecule has 2 atom stereocenters. The Morgan fingerprint density at radius 3 is 2.29 bits per heavy atom. The Kier molecular flexibility index (Phi) is 1.92. The molecule has 0 spiro atoms. The van der Waals surface area contributed by atoms with E-state index in [1.807, 2.05) is 0 Å². The molecule has 1 aliphatic rings.